The number of nitrogens with one attached hydrogen (secondary N) is 1. The number of likely N-dealkylation sites (N-methyl/N-ethyl adjacent to an activating group) is 1. The lowest BCUT2D eigenvalue weighted by atomic mass is 10.1. The first-order chi connectivity index (χ1) is 37.5. The first kappa shape index (κ1) is 59.0. The van der Waals surface area contributed by atoms with Crippen LogP contribution in [0.4, 0.5) is 0 Å². The molecule has 0 atom stereocenters. The molecule has 78 heavy (non-hydrogen) atoms. The molecule has 1 aliphatic heterocycles. The minimum Gasteiger partial charge on any atom is -0.492 e. The minimum atomic E-state index is -3.96. The molecule has 0 unspecified atom stereocenters. The standard InChI is InChI=1S/C27H24N2O6S2.C24H27N3O3S.C4H11N.C4H8O/c1-19-10-13-22(14-11-19)37(32,33)35-17-16-34-21-12-15-25-24(18-21)27(28-29(25)2)36(30,31)26-9-5-7-20-6-3-4-8-23(20)26;1-4-27(5-2)15-16-30-19-13-14-22-21(17-19)24(25-26(22)3)31(28,29)23-12-8-10-18-9-6-7-11-20(18)23;1-3-5-4-2;1-2-4-5-3-1/h3-15,18H,16-17H2,1-2H3;6-14,17H,4-5,15-16H2,1-3H3;5H,3-4H2,1-2H3;1-4H2. The summed E-state index contributed by atoms with van der Waals surface area (Å²) in [5, 5.41) is 15.8. The topological polar surface area (TPSA) is 190 Å². The van der Waals surface area contributed by atoms with Gasteiger partial charge < -0.3 is 24.4 Å². The number of hydrogen-bond acceptors (Lipinski definition) is 14. The van der Waals surface area contributed by atoms with Crippen molar-refractivity contribution in [2.24, 2.45) is 14.1 Å². The van der Waals surface area contributed by atoms with Gasteiger partial charge in [0.25, 0.3) is 10.1 Å². The Labute approximate surface area is 458 Å². The fraction of sp³-hybridized carbons (Fsp3) is 0.322. The van der Waals surface area contributed by atoms with Crippen molar-refractivity contribution in [1.82, 2.24) is 29.8 Å². The third-order valence-corrected chi connectivity index (χ3v) is 17.8. The van der Waals surface area contributed by atoms with E-state index in [2.05, 4.69) is 48.1 Å². The molecule has 0 amide bonds. The van der Waals surface area contributed by atoms with Gasteiger partial charge in [-0.1, -0.05) is 118 Å². The zero-order valence-corrected chi connectivity index (χ0v) is 47.8. The van der Waals surface area contributed by atoms with Crippen LogP contribution in [-0.4, -0.2) is 115 Å². The first-order valence-corrected chi connectivity index (χ1v) is 30.5. The number of hydrogen-bond donors (Lipinski definition) is 1. The van der Waals surface area contributed by atoms with Crippen molar-refractivity contribution < 1.29 is 43.6 Å². The molecule has 16 nitrogen and oxygen atoms in total. The summed E-state index contributed by atoms with van der Waals surface area (Å²) in [4.78, 5) is 2.78. The van der Waals surface area contributed by atoms with E-state index in [1.54, 1.807) is 91.6 Å². The van der Waals surface area contributed by atoms with E-state index in [4.69, 9.17) is 18.4 Å². The summed E-state index contributed by atoms with van der Waals surface area (Å²) in [6, 6.07) is 42.1. The molecule has 0 aliphatic carbocycles. The molecule has 0 saturated carbocycles. The largest absolute Gasteiger partial charge is 0.492 e. The number of benzene rings is 7. The molecule has 1 aliphatic rings. The first-order valence-electron chi connectivity index (χ1n) is 26.2. The lowest BCUT2D eigenvalue weighted by molar-refractivity contribution is 0.198. The maximum atomic E-state index is 13.7. The predicted molar refractivity (Wildman–Crippen MR) is 308 cm³/mol. The van der Waals surface area contributed by atoms with Crippen LogP contribution in [0, 0.1) is 6.92 Å². The summed E-state index contributed by atoms with van der Waals surface area (Å²) in [5.41, 5.74) is 2.30. The smallest absolute Gasteiger partial charge is 0.297 e. The van der Waals surface area contributed by atoms with Gasteiger partial charge in [-0.05, 0) is 117 Å². The number of rotatable bonds is 18. The summed E-state index contributed by atoms with van der Waals surface area (Å²) in [7, 11) is -8.26. The van der Waals surface area contributed by atoms with Gasteiger partial charge in [0, 0.05) is 55.4 Å². The minimum absolute atomic E-state index is 0.0514. The fourth-order valence-electron chi connectivity index (χ4n) is 8.74. The molecule has 19 heteroatoms. The molecule has 0 radical (unpaired) electrons. The van der Waals surface area contributed by atoms with Crippen LogP contribution < -0.4 is 14.8 Å². The van der Waals surface area contributed by atoms with Gasteiger partial charge in [0.15, 0.2) is 10.1 Å². The van der Waals surface area contributed by atoms with E-state index < -0.39 is 29.8 Å². The Bertz CT molecular complexity index is 3760. The van der Waals surface area contributed by atoms with Crippen molar-refractivity contribution in [3.05, 3.63) is 151 Å². The van der Waals surface area contributed by atoms with Crippen LogP contribution in [0.25, 0.3) is 43.4 Å². The Balaban J connectivity index is 0.000000194. The molecule has 7 aromatic carbocycles. The van der Waals surface area contributed by atoms with Gasteiger partial charge in [0.05, 0.1) is 25.7 Å². The zero-order chi connectivity index (χ0) is 55.9. The molecular formula is C59H70N6O10S3. The number of sulfone groups is 2. The van der Waals surface area contributed by atoms with Crippen LogP contribution in [0.3, 0.4) is 0 Å². The van der Waals surface area contributed by atoms with Crippen molar-refractivity contribution in [2.75, 3.05) is 65.8 Å². The Morgan fingerprint density at radius 1 is 0.551 bits per heavy atom. The van der Waals surface area contributed by atoms with Gasteiger partial charge in [-0.15, -0.1) is 0 Å². The van der Waals surface area contributed by atoms with Gasteiger partial charge >= 0.3 is 0 Å². The molecule has 2 aromatic heterocycles. The summed E-state index contributed by atoms with van der Waals surface area (Å²) >= 11 is 0. The van der Waals surface area contributed by atoms with Gasteiger partial charge in [-0.25, -0.2) is 16.8 Å². The Kier molecular flexibility index (Phi) is 20.6. The normalized spacial score (nSPS) is 12.7. The Morgan fingerprint density at radius 2 is 1.01 bits per heavy atom. The number of aryl methyl sites for hydroxylation is 3. The van der Waals surface area contributed by atoms with E-state index in [1.165, 1.54) is 29.7 Å². The summed E-state index contributed by atoms with van der Waals surface area (Å²) in [5.74, 6) is 1.01. The van der Waals surface area contributed by atoms with E-state index in [9.17, 15) is 25.3 Å². The van der Waals surface area contributed by atoms with Crippen LogP contribution >= 0.6 is 0 Å². The molecule has 3 heterocycles. The highest BCUT2D eigenvalue weighted by molar-refractivity contribution is 7.92. The number of nitrogens with zero attached hydrogens (tertiary/aromatic N) is 5. The van der Waals surface area contributed by atoms with E-state index in [-0.39, 0.29) is 38.0 Å². The van der Waals surface area contributed by atoms with Crippen LogP contribution in [-0.2, 0) is 52.8 Å². The zero-order valence-electron chi connectivity index (χ0n) is 45.4. The van der Waals surface area contributed by atoms with Crippen molar-refractivity contribution in [3.8, 4) is 11.5 Å². The van der Waals surface area contributed by atoms with Gasteiger partial charge in [0.1, 0.15) is 31.3 Å². The molecule has 414 valence electrons. The van der Waals surface area contributed by atoms with Gasteiger partial charge in [0.2, 0.25) is 19.7 Å². The van der Waals surface area contributed by atoms with Crippen LogP contribution in [0.2, 0.25) is 0 Å². The highest BCUT2D eigenvalue weighted by Gasteiger charge is 2.29. The average Bonchev–Trinajstić information content (AvgIpc) is 4.40. The van der Waals surface area contributed by atoms with Crippen molar-refractivity contribution in [1.29, 1.82) is 0 Å². The monoisotopic (exact) mass is 1120 g/mol. The molecule has 10 rings (SSSR count). The SMILES string of the molecule is C1CCOC1.CCN(CC)CCOc1ccc2c(c1)c(S(=O)(=O)c1cccc3ccccc13)nn2C.CCNCC.Cc1ccc(S(=O)(=O)OCCOc2ccc3c(c2)c(S(=O)(=O)c2cccc4ccccc24)nn3C)cc1. The quantitative estimate of drug-likeness (QED) is 0.0631. The van der Waals surface area contributed by atoms with Crippen molar-refractivity contribution >= 4 is 73.1 Å². The molecule has 1 N–H and O–H groups in total. The van der Waals surface area contributed by atoms with Crippen molar-refractivity contribution in [3.63, 3.8) is 0 Å². The summed E-state index contributed by atoms with van der Waals surface area (Å²) in [6.07, 6.45) is 2.56. The highest BCUT2D eigenvalue weighted by Crippen LogP contribution is 2.35. The number of ether oxygens (including phenoxy) is 3. The predicted octanol–water partition coefficient (Wildman–Crippen LogP) is 10.3. The molecular weight excluding hydrogens is 1050 g/mol. The number of aromatic nitrogens is 4. The van der Waals surface area contributed by atoms with E-state index in [0.717, 1.165) is 67.8 Å². The summed E-state index contributed by atoms with van der Waals surface area (Å²) in [6.45, 7) is 17.5. The lowest BCUT2D eigenvalue weighted by Crippen LogP contribution is -2.27. The van der Waals surface area contributed by atoms with Gasteiger partial charge in [-0.2, -0.15) is 18.6 Å². The molecule has 0 bridgehead atoms. The van der Waals surface area contributed by atoms with Gasteiger partial charge in [-0.3, -0.25) is 13.5 Å². The maximum Gasteiger partial charge on any atom is 0.297 e. The molecule has 1 saturated heterocycles. The van der Waals surface area contributed by atoms with E-state index in [0.29, 0.717) is 45.2 Å². The molecule has 0 spiro atoms. The van der Waals surface area contributed by atoms with Crippen LogP contribution in [0.1, 0.15) is 46.1 Å². The van der Waals surface area contributed by atoms with Crippen LogP contribution in [0.15, 0.2) is 170 Å². The number of fused-ring (bicyclic) bond motifs is 4. The second-order valence-corrected chi connectivity index (χ2v) is 23.5. The molecule has 1 fully saturated rings. The van der Waals surface area contributed by atoms with Crippen LogP contribution in [0.5, 0.6) is 11.5 Å². The summed E-state index contributed by atoms with van der Waals surface area (Å²) < 4.78 is 104. The third kappa shape index (κ3) is 14.3. The van der Waals surface area contributed by atoms with E-state index >= 15 is 0 Å². The lowest BCUT2D eigenvalue weighted by Gasteiger charge is -2.18. The maximum absolute atomic E-state index is 13.7. The Hall–Kier alpha value is -6.71. The fourth-order valence-corrected chi connectivity index (χ4v) is 12.9. The van der Waals surface area contributed by atoms with E-state index in [1.807, 2.05) is 67.6 Å². The Morgan fingerprint density at radius 3 is 1.45 bits per heavy atom. The third-order valence-electron chi connectivity index (χ3n) is 13.0. The average molecular weight is 1120 g/mol. The second-order valence-electron chi connectivity index (χ2n) is 18.3. The molecule has 9 aromatic rings. The highest BCUT2D eigenvalue weighted by atomic mass is 32.2. The second kappa shape index (κ2) is 27.2. The van der Waals surface area contributed by atoms with Crippen molar-refractivity contribution in [2.45, 2.75) is 72.2 Å².